The molecule has 1 aliphatic carbocycles. The maximum absolute atomic E-state index is 14.4. The minimum absolute atomic E-state index is 0.0474. The largest absolute Gasteiger partial charge is 0.351 e. The van der Waals surface area contributed by atoms with Crippen LogP contribution in [0.4, 0.5) is 19.7 Å². The van der Waals surface area contributed by atoms with Crippen molar-refractivity contribution in [3.8, 4) is 0 Å². The molecule has 14 heteroatoms. The van der Waals surface area contributed by atoms with E-state index in [1.165, 1.54) is 37.7 Å². The molecule has 0 spiro atoms. The Bertz CT molecular complexity index is 2060. The van der Waals surface area contributed by atoms with Crippen LogP contribution in [0.15, 0.2) is 66.9 Å². The third-order valence-corrected chi connectivity index (χ3v) is 10.1. The number of nitrogens with zero attached hydrogens (tertiary/aromatic N) is 5. The summed E-state index contributed by atoms with van der Waals surface area (Å²) < 4.78 is 15.7. The first-order chi connectivity index (χ1) is 23.1. The Morgan fingerprint density at radius 2 is 1.69 bits per heavy atom. The molecular weight excluding hydrogens is 641 g/mol. The van der Waals surface area contributed by atoms with Crippen LogP contribution in [0.25, 0.3) is 10.9 Å². The lowest BCUT2D eigenvalue weighted by Crippen LogP contribution is -2.61. The molecule has 4 aliphatic rings. The number of rotatable bonds is 6. The molecule has 4 heterocycles. The van der Waals surface area contributed by atoms with Gasteiger partial charge < -0.3 is 11.1 Å². The fraction of sp³-hybridized carbons (Fsp3) is 0.265. The highest BCUT2D eigenvalue weighted by atomic mass is 35.5. The SMILES string of the molecule is NC(=O)n1cc(N2CCN3CCC(C(=O)NCc4cccc(Cl)c4F)N3C2=O)c2ccc(C3(N4C(=O)c5ccccc5C4=O)CC3)cc21. The Morgan fingerprint density at radius 1 is 0.958 bits per heavy atom. The van der Waals surface area contributed by atoms with Crippen LogP contribution in [0.2, 0.25) is 5.02 Å². The molecule has 1 atom stereocenters. The summed E-state index contributed by atoms with van der Waals surface area (Å²) in [7, 11) is 0. The molecule has 3 aliphatic heterocycles. The molecule has 1 saturated carbocycles. The molecule has 244 valence electrons. The summed E-state index contributed by atoms with van der Waals surface area (Å²) in [5.41, 5.74) is 7.42. The Labute approximate surface area is 278 Å². The average molecular weight is 670 g/mol. The summed E-state index contributed by atoms with van der Waals surface area (Å²) in [5, 5.41) is 6.48. The summed E-state index contributed by atoms with van der Waals surface area (Å²) >= 11 is 5.88. The van der Waals surface area contributed by atoms with Crippen LogP contribution in [0.1, 0.15) is 51.1 Å². The van der Waals surface area contributed by atoms with Gasteiger partial charge in [-0.3, -0.25) is 28.8 Å². The van der Waals surface area contributed by atoms with Gasteiger partial charge >= 0.3 is 12.1 Å². The predicted octanol–water partition coefficient (Wildman–Crippen LogP) is 4.19. The Balaban J connectivity index is 1.08. The monoisotopic (exact) mass is 669 g/mol. The number of amides is 6. The van der Waals surface area contributed by atoms with Crippen LogP contribution < -0.4 is 16.0 Å². The summed E-state index contributed by atoms with van der Waals surface area (Å²) in [6.07, 6.45) is 3.02. The number of benzene rings is 3. The van der Waals surface area contributed by atoms with Gasteiger partial charge in [-0.1, -0.05) is 48.0 Å². The highest BCUT2D eigenvalue weighted by molar-refractivity contribution is 6.30. The lowest BCUT2D eigenvalue weighted by Gasteiger charge is -2.41. The second-order valence-electron chi connectivity index (χ2n) is 12.4. The number of imide groups is 1. The van der Waals surface area contributed by atoms with Crippen LogP contribution in [0.5, 0.6) is 0 Å². The van der Waals surface area contributed by atoms with Crippen molar-refractivity contribution >= 4 is 58.0 Å². The highest BCUT2D eigenvalue weighted by Crippen LogP contribution is 2.54. The van der Waals surface area contributed by atoms with E-state index in [1.807, 2.05) is 11.1 Å². The summed E-state index contributed by atoms with van der Waals surface area (Å²) in [4.78, 5) is 69.6. The molecule has 3 N–H and O–H groups in total. The average Bonchev–Trinajstić information content (AvgIpc) is 3.48. The standard InChI is InChI=1S/C34H29ClFN7O5/c35-24-7-3-4-19(28(24)36)17-38-29(44)25-10-13-39-14-15-40(33(48)43(25)39)27-18-41(32(37)47)26-16-20(8-9-23(26)27)34(11-12-34)42-30(45)21-5-1-2-6-22(21)31(42)46/h1-9,16,18,25H,10-15,17H2,(H2,37,47)(H,38,44). The third-order valence-electron chi connectivity index (χ3n) is 9.85. The third kappa shape index (κ3) is 4.41. The van der Waals surface area contributed by atoms with Crippen LogP contribution in [-0.4, -0.2) is 74.9 Å². The minimum Gasteiger partial charge on any atom is -0.351 e. The minimum atomic E-state index is -0.861. The maximum atomic E-state index is 14.4. The van der Waals surface area contributed by atoms with Crippen molar-refractivity contribution in [3.05, 3.63) is 100.0 Å². The van der Waals surface area contributed by atoms with Crippen LogP contribution in [0, 0.1) is 5.82 Å². The number of halogens is 2. The number of primary amides is 1. The molecular formula is C34H29ClFN7O5. The number of nitrogens with two attached hydrogens (primary N) is 1. The molecule has 48 heavy (non-hydrogen) atoms. The molecule has 3 aromatic carbocycles. The van der Waals surface area contributed by atoms with E-state index >= 15 is 0 Å². The number of carbonyl (C=O) groups is 5. The molecule has 4 aromatic rings. The predicted molar refractivity (Wildman–Crippen MR) is 173 cm³/mol. The first kappa shape index (κ1) is 30.1. The van der Waals surface area contributed by atoms with Crippen molar-refractivity contribution in [2.45, 2.75) is 37.4 Å². The van der Waals surface area contributed by atoms with Crippen LogP contribution >= 0.6 is 11.6 Å². The number of urea groups is 1. The van der Waals surface area contributed by atoms with Crippen LogP contribution in [0.3, 0.4) is 0 Å². The highest BCUT2D eigenvalue weighted by Gasteiger charge is 2.57. The van der Waals surface area contributed by atoms with Crippen molar-refractivity contribution < 1.29 is 28.4 Å². The summed E-state index contributed by atoms with van der Waals surface area (Å²) in [5.74, 6) is -1.76. The van der Waals surface area contributed by atoms with Gasteiger partial charge in [-0.15, -0.1) is 0 Å². The van der Waals surface area contributed by atoms with E-state index in [1.54, 1.807) is 42.5 Å². The number of hydrazine groups is 1. The molecule has 12 nitrogen and oxygen atoms in total. The first-order valence-electron chi connectivity index (χ1n) is 15.6. The number of aromatic nitrogens is 1. The van der Waals surface area contributed by atoms with Crippen LogP contribution in [-0.2, 0) is 16.9 Å². The number of fused-ring (bicyclic) bond motifs is 3. The molecule has 8 rings (SSSR count). The maximum Gasteiger partial charge on any atom is 0.339 e. The Morgan fingerprint density at radius 3 is 2.38 bits per heavy atom. The van der Waals surface area contributed by atoms with E-state index in [0.717, 1.165) is 0 Å². The smallest absolute Gasteiger partial charge is 0.339 e. The molecule has 0 radical (unpaired) electrons. The van der Waals surface area contributed by atoms with E-state index < -0.39 is 35.4 Å². The van der Waals surface area contributed by atoms with Gasteiger partial charge in [0.1, 0.15) is 11.9 Å². The molecule has 6 amide bonds. The zero-order valence-corrected chi connectivity index (χ0v) is 26.2. The normalized spacial score (nSPS) is 20.0. The Hall–Kier alpha value is -5.27. The Kier molecular flexibility index (Phi) is 6.83. The van der Waals surface area contributed by atoms with Gasteiger partial charge in [-0.2, -0.15) is 0 Å². The first-order valence-corrected chi connectivity index (χ1v) is 16.0. The topological polar surface area (TPSA) is 141 Å². The number of nitrogens with one attached hydrogen (secondary N) is 1. The zero-order valence-electron chi connectivity index (χ0n) is 25.5. The van der Waals surface area contributed by atoms with Gasteiger partial charge in [0, 0.05) is 43.3 Å². The van der Waals surface area contributed by atoms with E-state index in [9.17, 15) is 28.4 Å². The summed E-state index contributed by atoms with van der Waals surface area (Å²) in [6.45, 7) is 1.11. The van der Waals surface area contributed by atoms with E-state index in [4.69, 9.17) is 17.3 Å². The van der Waals surface area contributed by atoms with Crippen molar-refractivity contribution in [2.75, 3.05) is 24.5 Å². The van der Waals surface area contributed by atoms with E-state index in [2.05, 4.69) is 5.32 Å². The molecule has 0 bridgehead atoms. The van der Waals surface area contributed by atoms with E-state index in [-0.39, 0.29) is 35.5 Å². The number of hydrogen-bond acceptors (Lipinski definition) is 6. The lowest BCUT2D eigenvalue weighted by atomic mass is 10.0. The zero-order chi connectivity index (χ0) is 33.5. The fourth-order valence-electron chi connectivity index (χ4n) is 7.29. The number of anilines is 1. The van der Waals surface area contributed by atoms with Crippen molar-refractivity contribution in [2.24, 2.45) is 5.73 Å². The fourth-order valence-corrected chi connectivity index (χ4v) is 7.49. The van der Waals surface area contributed by atoms with Gasteiger partial charge in [0.05, 0.1) is 32.9 Å². The quantitative estimate of drug-likeness (QED) is 0.295. The van der Waals surface area contributed by atoms with Crippen molar-refractivity contribution in [1.82, 2.24) is 24.8 Å². The van der Waals surface area contributed by atoms with Gasteiger partial charge in [0.15, 0.2) is 0 Å². The second kappa shape index (κ2) is 10.9. The lowest BCUT2D eigenvalue weighted by molar-refractivity contribution is -0.127. The van der Waals surface area contributed by atoms with Gasteiger partial charge in [-0.05, 0) is 49.1 Å². The molecule has 1 unspecified atom stereocenters. The van der Waals surface area contributed by atoms with Gasteiger partial charge in [0.2, 0.25) is 5.91 Å². The number of carbonyl (C=O) groups excluding carboxylic acids is 5. The van der Waals surface area contributed by atoms with Crippen molar-refractivity contribution in [3.63, 3.8) is 0 Å². The summed E-state index contributed by atoms with van der Waals surface area (Å²) in [6, 6.07) is 14.6. The van der Waals surface area contributed by atoms with E-state index in [0.29, 0.717) is 65.6 Å². The van der Waals surface area contributed by atoms with Gasteiger partial charge in [-0.25, -0.2) is 24.0 Å². The number of hydrogen-bond donors (Lipinski definition) is 2. The molecule has 1 aromatic heterocycles. The van der Waals surface area contributed by atoms with Gasteiger partial charge in [0.25, 0.3) is 11.8 Å². The van der Waals surface area contributed by atoms with Crippen molar-refractivity contribution in [1.29, 1.82) is 0 Å². The molecule has 2 saturated heterocycles. The molecule has 3 fully saturated rings. The second-order valence-corrected chi connectivity index (χ2v) is 12.9.